The number of anilines is 1. The molecule has 0 saturated heterocycles. The van der Waals surface area contributed by atoms with Crippen LogP contribution in [0.2, 0.25) is 5.02 Å². The molecule has 4 aromatic rings. The molecule has 0 saturated carbocycles. The van der Waals surface area contributed by atoms with Gasteiger partial charge in [0.15, 0.2) is 5.82 Å². The first-order chi connectivity index (χ1) is 15.6. The average molecular weight is 485 g/mol. The van der Waals surface area contributed by atoms with E-state index in [2.05, 4.69) is 20.5 Å². The van der Waals surface area contributed by atoms with Gasteiger partial charge < -0.3 is 10.1 Å². The molecular weight excluding hydrogens is 468 g/mol. The van der Waals surface area contributed by atoms with Gasteiger partial charge in [0.25, 0.3) is 0 Å². The van der Waals surface area contributed by atoms with Gasteiger partial charge in [0, 0.05) is 27.1 Å². The van der Waals surface area contributed by atoms with Crippen LogP contribution >= 0.6 is 34.7 Å². The first-order valence-electron chi connectivity index (χ1n) is 9.42. The van der Waals surface area contributed by atoms with Crippen molar-refractivity contribution in [2.75, 3.05) is 18.2 Å². The second-order valence-corrected chi connectivity index (χ2v) is 8.72. The lowest BCUT2D eigenvalue weighted by Gasteiger charge is -2.08. The van der Waals surface area contributed by atoms with Crippen LogP contribution in [0.5, 0.6) is 0 Å². The van der Waals surface area contributed by atoms with Crippen molar-refractivity contribution in [1.82, 2.24) is 15.2 Å². The largest absolute Gasteiger partial charge is 0.465 e. The summed E-state index contributed by atoms with van der Waals surface area (Å²) in [7, 11) is 1.30. The lowest BCUT2D eigenvalue weighted by atomic mass is 10.0. The monoisotopic (exact) mass is 484 g/mol. The molecule has 0 aliphatic rings. The molecule has 0 atom stereocenters. The minimum absolute atomic E-state index is 0.0754. The molecule has 162 valence electrons. The van der Waals surface area contributed by atoms with E-state index >= 15 is 0 Å². The smallest absolute Gasteiger partial charge is 0.341 e. The first kappa shape index (κ1) is 22.1. The number of thiophene rings is 1. The van der Waals surface area contributed by atoms with E-state index in [-0.39, 0.29) is 17.2 Å². The van der Waals surface area contributed by atoms with Crippen LogP contribution in [0.1, 0.15) is 10.4 Å². The molecule has 1 amide bonds. The summed E-state index contributed by atoms with van der Waals surface area (Å²) in [5, 5.41) is 12.9. The van der Waals surface area contributed by atoms with Gasteiger partial charge in [-0.3, -0.25) is 9.89 Å². The molecule has 0 bridgehead atoms. The van der Waals surface area contributed by atoms with Crippen LogP contribution in [0.4, 0.5) is 5.00 Å². The van der Waals surface area contributed by atoms with Gasteiger partial charge in [0.1, 0.15) is 10.6 Å². The molecule has 0 spiro atoms. The summed E-state index contributed by atoms with van der Waals surface area (Å²) in [4.78, 5) is 29.4. The molecule has 7 nitrogen and oxygen atoms in total. The molecule has 10 heteroatoms. The fourth-order valence-electron chi connectivity index (χ4n) is 2.96. The Morgan fingerprint density at radius 3 is 2.62 bits per heavy atom. The molecule has 0 unspecified atom stereocenters. The van der Waals surface area contributed by atoms with E-state index in [1.54, 1.807) is 11.4 Å². The highest BCUT2D eigenvalue weighted by Crippen LogP contribution is 2.39. The second-order valence-electron chi connectivity index (χ2n) is 6.49. The minimum Gasteiger partial charge on any atom is -0.465 e. The summed E-state index contributed by atoms with van der Waals surface area (Å²) in [6.45, 7) is 0. The van der Waals surface area contributed by atoms with E-state index in [9.17, 15) is 9.59 Å². The predicted octanol–water partition coefficient (Wildman–Crippen LogP) is 5.37. The Balaban J connectivity index is 1.47. The van der Waals surface area contributed by atoms with Crippen LogP contribution < -0.4 is 5.32 Å². The number of halogens is 1. The molecular formula is C22H17ClN4O3S2. The van der Waals surface area contributed by atoms with Gasteiger partial charge in [-0.2, -0.15) is 0 Å². The van der Waals surface area contributed by atoms with Gasteiger partial charge in [-0.05, 0) is 6.07 Å². The number of nitrogens with one attached hydrogen (secondary N) is 2. The molecule has 0 fully saturated rings. The highest BCUT2D eigenvalue weighted by atomic mass is 35.5. The van der Waals surface area contributed by atoms with Crippen LogP contribution in [0, 0.1) is 0 Å². The maximum absolute atomic E-state index is 12.6. The van der Waals surface area contributed by atoms with Crippen molar-refractivity contribution in [2.24, 2.45) is 0 Å². The van der Waals surface area contributed by atoms with Crippen molar-refractivity contribution in [3.63, 3.8) is 0 Å². The Kier molecular flexibility index (Phi) is 6.89. The number of aromatic amines is 1. The number of carbonyl (C=O) groups excluding carboxylic acids is 2. The topological polar surface area (TPSA) is 97.0 Å². The minimum atomic E-state index is -0.550. The first-order valence-corrected chi connectivity index (χ1v) is 11.7. The number of ether oxygens (including phenoxy) is 1. The van der Waals surface area contributed by atoms with Crippen LogP contribution in [-0.2, 0) is 9.53 Å². The number of rotatable bonds is 7. The number of hydrogen-bond donors (Lipinski definition) is 2. The van der Waals surface area contributed by atoms with Gasteiger partial charge in [-0.25, -0.2) is 9.78 Å². The zero-order valence-electron chi connectivity index (χ0n) is 16.8. The Hall–Kier alpha value is -3.14. The van der Waals surface area contributed by atoms with Crippen molar-refractivity contribution in [1.29, 1.82) is 0 Å². The lowest BCUT2D eigenvalue weighted by molar-refractivity contribution is -0.113. The normalized spacial score (nSPS) is 10.7. The van der Waals surface area contributed by atoms with E-state index in [1.807, 2.05) is 48.5 Å². The quantitative estimate of drug-likeness (QED) is 0.270. The molecule has 2 aromatic heterocycles. The van der Waals surface area contributed by atoms with Crippen LogP contribution in [0.15, 0.2) is 65.1 Å². The number of esters is 1. The molecule has 0 radical (unpaired) electrons. The maximum atomic E-state index is 12.6. The fourth-order valence-corrected chi connectivity index (χ4v) is 4.76. The number of amides is 1. The highest BCUT2D eigenvalue weighted by Gasteiger charge is 2.23. The van der Waals surface area contributed by atoms with Gasteiger partial charge in [0.2, 0.25) is 11.1 Å². The highest BCUT2D eigenvalue weighted by molar-refractivity contribution is 7.99. The zero-order chi connectivity index (χ0) is 22.5. The second kappa shape index (κ2) is 9.99. The van der Waals surface area contributed by atoms with Crippen molar-refractivity contribution in [2.45, 2.75) is 5.16 Å². The summed E-state index contributed by atoms with van der Waals surface area (Å²) in [5.74, 6) is -0.139. The van der Waals surface area contributed by atoms with Gasteiger partial charge >= 0.3 is 5.97 Å². The number of thioether (sulfide) groups is 1. The third-order valence-electron chi connectivity index (χ3n) is 4.44. The third-order valence-corrected chi connectivity index (χ3v) is 6.51. The Morgan fingerprint density at radius 1 is 1.12 bits per heavy atom. The molecule has 2 aromatic carbocycles. The SMILES string of the molecule is COC(=O)c1c(-c2ccccc2Cl)csc1NC(=O)CSc1n[nH]c(-c2ccccc2)n1. The van der Waals surface area contributed by atoms with E-state index in [1.165, 1.54) is 30.2 Å². The number of nitrogens with zero attached hydrogens (tertiary/aromatic N) is 2. The molecule has 2 heterocycles. The lowest BCUT2D eigenvalue weighted by Crippen LogP contribution is -2.16. The number of methoxy groups -OCH3 is 1. The van der Waals surface area contributed by atoms with E-state index in [4.69, 9.17) is 16.3 Å². The van der Waals surface area contributed by atoms with Gasteiger partial charge in [-0.15, -0.1) is 16.4 Å². The maximum Gasteiger partial charge on any atom is 0.341 e. The summed E-state index contributed by atoms with van der Waals surface area (Å²) in [5.41, 5.74) is 2.48. The third kappa shape index (κ3) is 4.85. The standard InChI is InChI=1S/C22H17ClN4O3S2/c1-30-21(29)18-15(14-9-5-6-10-16(14)23)11-31-20(18)24-17(28)12-32-22-25-19(26-27-22)13-7-3-2-4-8-13/h2-11H,12H2,1H3,(H,24,28)(H,25,26,27). The molecule has 2 N–H and O–H groups in total. The summed E-state index contributed by atoms with van der Waals surface area (Å²) in [6, 6.07) is 16.8. The number of hydrogen-bond acceptors (Lipinski definition) is 7. The predicted molar refractivity (Wildman–Crippen MR) is 127 cm³/mol. The summed E-state index contributed by atoms with van der Waals surface area (Å²) in [6.07, 6.45) is 0. The summed E-state index contributed by atoms with van der Waals surface area (Å²) >= 11 is 8.73. The van der Waals surface area contributed by atoms with Gasteiger partial charge in [0.05, 0.1) is 12.9 Å². The Labute approximate surface area is 197 Å². The Morgan fingerprint density at radius 2 is 1.88 bits per heavy atom. The molecule has 0 aliphatic heterocycles. The van der Waals surface area contributed by atoms with E-state index in [0.717, 1.165) is 5.56 Å². The van der Waals surface area contributed by atoms with E-state index in [0.29, 0.717) is 32.1 Å². The van der Waals surface area contributed by atoms with Crippen molar-refractivity contribution < 1.29 is 14.3 Å². The van der Waals surface area contributed by atoms with Crippen molar-refractivity contribution in [3.05, 3.63) is 70.6 Å². The van der Waals surface area contributed by atoms with Crippen molar-refractivity contribution in [3.8, 4) is 22.5 Å². The van der Waals surface area contributed by atoms with E-state index < -0.39 is 5.97 Å². The number of H-pyrrole nitrogens is 1. The molecule has 0 aliphatic carbocycles. The zero-order valence-corrected chi connectivity index (χ0v) is 19.2. The van der Waals surface area contributed by atoms with Crippen LogP contribution in [0.25, 0.3) is 22.5 Å². The van der Waals surface area contributed by atoms with Crippen LogP contribution in [0.3, 0.4) is 0 Å². The molecule has 4 rings (SSSR count). The molecule has 32 heavy (non-hydrogen) atoms. The summed E-state index contributed by atoms with van der Waals surface area (Å²) < 4.78 is 4.94. The van der Waals surface area contributed by atoms with Crippen LogP contribution in [-0.4, -0.2) is 39.9 Å². The van der Waals surface area contributed by atoms with Gasteiger partial charge in [-0.1, -0.05) is 71.9 Å². The number of aromatic nitrogens is 3. The Bertz CT molecular complexity index is 1260. The van der Waals surface area contributed by atoms with Crippen molar-refractivity contribution >= 4 is 51.6 Å². The fraction of sp³-hybridized carbons (Fsp3) is 0.0909. The average Bonchev–Trinajstić information content (AvgIpc) is 3.45. The number of carbonyl (C=O) groups is 2. The number of benzene rings is 2.